The molecule has 130 valence electrons. The van der Waals surface area contributed by atoms with Crippen molar-refractivity contribution in [2.45, 2.75) is 6.42 Å². The molecule has 1 aromatic carbocycles. The fourth-order valence-electron chi connectivity index (χ4n) is 2.67. The average molecular weight is 379 g/mol. The SMILES string of the molecule is COC(=O)c1sccc1NC(=O)C1CC(=O)N(c2cccc(Cl)c2)C1. The van der Waals surface area contributed by atoms with E-state index in [1.165, 1.54) is 18.4 Å². The van der Waals surface area contributed by atoms with Crippen LogP contribution < -0.4 is 10.2 Å². The van der Waals surface area contributed by atoms with Crippen LogP contribution in [0.1, 0.15) is 16.1 Å². The van der Waals surface area contributed by atoms with Gasteiger partial charge in [-0.15, -0.1) is 11.3 Å². The van der Waals surface area contributed by atoms with E-state index < -0.39 is 11.9 Å². The van der Waals surface area contributed by atoms with Crippen LogP contribution in [0.2, 0.25) is 5.02 Å². The summed E-state index contributed by atoms with van der Waals surface area (Å²) in [6.07, 6.45) is 0.107. The summed E-state index contributed by atoms with van der Waals surface area (Å²) in [4.78, 5) is 38.3. The minimum Gasteiger partial charge on any atom is -0.465 e. The van der Waals surface area contributed by atoms with Crippen molar-refractivity contribution < 1.29 is 19.1 Å². The number of esters is 1. The standard InChI is InChI=1S/C17H15ClN2O4S/c1-24-17(23)15-13(5-6-25-15)19-16(22)10-7-14(21)20(9-10)12-4-2-3-11(18)8-12/h2-6,8,10H,7,9H2,1H3,(H,19,22). The van der Waals surface area contributed by atoms with Crippen LogP contribution in [0, 0.1) is 5.92 Å². The van der Waals surface area contributed by atoms with E-state index >= 15 is 0 Å². The van der Waals surface area contributed by atoms with Gasteiger partial charge < -0.3 is 15.0 Å². The van der Waals surface area contributed by atoms with Crippen molar-refractivity contribution in [3.8, 4) is 0 Å². The van der Waals surface area contributed by atoms with Crippen molar-refractivity contribution >= 4 is 52.1 Å². The van der Waals surface area contributed by atoms with Gasteiger partial charge in [0.25, 0.3) is 0 Å². The molecule has 1 aliphatic heterocycles. The van der Waals surface area contributed by atoms with E-state index in [1.807, 2.05) is 0 Å². The summed E-state index contributed by atoms with van der Waals surface area (Å²) in [5.41, 5.74) is 1.06. The second kappa shape index (κ2) is 7.25. The predicted octanol–water partition coefficient (Wildman–Crippen LogP) is 3.18. The van der Waals surface area contributed by atoms with Crippen LogP contribution in [-0.4, -0.2) is 31.4 Å². The maximum Gasteiger partial charge on any atom is 0.350 e. The molecule has 3 rings (SSSR count). The van der Waals surface area contributed by atoms with Crippen LogP contribution >= 0.6 is 22.9 Å². The molecule has 1 aromatic heterocycles. The number of amides is 2. The topological polar surface area (TPSA) is 75.7 Å². The fourth-order valence-corrected chi connectivity index (χ4v) is 3.62. The molecule has 25 heavy (non-hydrogen) atoms. The van der Waals surface area contributed by atoms with Gasteiger partial charge in [0, 0.05) is 23.7 Å². The Kier molecular flexibility index (Phi) is 5.06. The molecule has 8 heteroatoms. The second-order valence-corrected chi connectivity index (χ2v) is 6.88. The van der Waals surface area contributed by atoms with Crippen LogP contribution in [0.3, 0.4) is 0 Å². The molecule has 1 saturated heterocycles. The minimum absolute atomic E-state index is 0.107. The van der Waals surface area contributed by atoms with E-state index in [2.05, 4.69) is 5.32 Å². The van der Waals surface area contributed by atoms with Crippen molar-refractivity contribution in [3.05, 3.63) is 45.6 Å². The Morgan fingerprint density at radius 3 is 2.88 bits per heavy atom. The summed E-state index contributed by atoms with van der Waals surface area (Å²) in [6, 6.07) is 8.58. The Labute approximate surface area is 153 Å². The Balaban J connectivity index is 1.71. The lowest BCUT2D eigenvalue weighted by Gasteiger charge is -2.17. The van der Waals surface area contributed by atoms with E-state index in [9.17, 15) is 14.4 Å². The van der Waals surface area contributed by atoms with E-state index in [0.29, 0.717) is 21.3 Å². The van der Waals surface area contributed by atoms with Crippen molar-refractivity contribution in [2.24, 2.45) is 5.92 Å². The number of methoxy groups -OCH3 is 1. The van der Waals surface area contributed by atoms with Gasteiger partial charge in [0.15, 0.2) is 0 Å². The molecule has 1 atom stereocenters. The average Bonchev–Trinajstić information content (AvgIpc) is 3.20. The Bertz CT molecular complexity index is 836. The number of rotatable bonds is 4. The number of hydrogen-bond acceptors (Lipinski definition) is 5. The van der Waals surface area contributed by atoms with Gasteiger partial charge in [0.1, 0.15) is 4.88 Å². The highest BCUT2D eigenvalue weighted by molar-refractivity contribution is 7.12. The lowest BCUT2D eigenvalue weighted by Crippen LogP contribution is -2.28. The smallest absolute Gasteiger partial charge is 0.350 e. The van der Waals surface area contributed by atoms with Crippen LogP contribution in [0.25, 0.3) is 0 Å². The second-order valence-electron chi connectivity index (χ2n) is 5.53. The zero-order valence-electron chi connectivity index (χ0n) is 13.3. The molecule has 2 aromatic rings. The van der Waals surface area contributed by atoms with Gasteiger partial charge in [0.2, 0.25) is 11.8 Å². The summed E-state index contributed by atoms with van der Waals surface area (Å²) in [5, 5.41) is 4.94. The third kappa shape index (κ3) is 3.67. The van der Waals surface area contributed by atoms with E-state index in [0.717, 1.165) is 0 Å². The quantitative estimate of drug-likeness (QED) is 0.829. The third-order valence-corrected chi connectivity index (χ3v) is 5.04. The van der Waals surface area contributed by atoms with Crippen LogP contribution in [-0.2, 0) is 14.3 Å². The molecular weight excluding hydrogens is 364 g/mol. The van der Waals surface area contributed by atoms with Crippen LogP contribution in [0.15, 0.2) is 35.7 Å². The molecule has 1 fully saturated rings. The lowest BCUT2D eigenvalue weighted by atomic mass is 10.1. The number of benzene rings is 1. The van der Waals surface area contributed by atoms with Crippen LogP contribution in [0.5, 0.6) is 0 Å². The summed E-state index contributed by atoms with van der Waals surface area (Å²) in [6.45, 7) is 0.267. The Morgan fingerprint density at radius 2 is 2.16 bits per heavy atom. The van der Waals surface area contributed by atoms with Gasteiger partial charge in [-0.25, -0.2) is 4.79 Å². The van der Waals surface area contributed by atoms with Gasteiger partial charge in [-0.3, -0.25) is 9.59 Å². The van der Waals surface area contributed by atoms with E-state index in [1.54, 1.807) is 40.6 Å². The largest absolute Gasteiger partial charge is 0.465 e. The van der Waals surface area contributed by atoms with Gasteiger partial charge in [0.05, 0.1) is 18.7 Å². The highest BCUT2D eigenvalue weighted by Gasteiger charge is 2.35. The molecule has 1 aliphatic rings. The van der Waals surface area contributed by atoms with Crippen molar-refractivity contribution in [3.63, 3.8) is 0 Å². The Hall–Kier alpha value is -2.38. The lowest BCUT2D eigenvalue weighted by molar-refractivity contribution is -0.122. The number of carbonyl (C=O) groups is 3. The van der Waals surface area contributed by atoms with Gasteiger partial charge in [-0.1, -0.05) is 17.7 Å². The predicted molar refractivity (Wildman–Crippen MR) is 96.2 cm³/mol. The molecule has 0 saturated carbocycles. The zero-order valence-corrected chi connectivity index (χ0v) is 14.9. The van der Waals surface area contributed by atoms with Gasteiger partial charge in [-0.2, -0.15) is 0 Å². The molecule has 2 amide bonds. The zero-order chi connectivity index (χ0) is 18.0. The first-order chi connectivity index (χ1) is 12.0. The number of hydrogen-bond donors (Lipinski definition) is 1. The molecular formula is C17H15ClN2O4S. The highest BCUT2D eigenvalue weighted by Crippen LogP contribution is 2.29. The van der Waals surface area contributed by atoms with Crippen molar-refractivity contribution in [2.75, 3.05) is 23.9 Å². The number of ether oxygens (including phenoxy) is 1. The summed E-state index contributed by atoms with van der Waals surface area (Å²) in [5.74, 6) is -1.45. The molecule has 0 aliphatic carbocycles. The molecule has 6 nitrogen and oxygen atoms in total. The highest BCUT2D eigenvalue weighted by atomic mass is 35.5. The first-order valence-corrected chi connectivity index (χ1v) is 8.78. The molecule has 1 unspecified atom stereocenters. The molecule has 0 bridgehead atoms. The van der Waals surface area contributed by atoms with E-state index in [-0.39, 0.29) is 24.8 Å². The Morgan fingerprint density at radius 1 is 1.36 bits per heavy atom. The first-order valence-electron chi connectivity index (χ1n) is 7.52. The maximum absolute atomic E-state index is 12.5. The van der Waals surface area contributed by atoms with E-state index in [4.69, 9.17) is 16.3 Å². The summed E-state index contributed by atoms with van der Waals surface area (Å²) in [7, 11) is 1.28. The number of halogens is 1. The number of nitrogens with one attached hydrogen (secondary N) is 1. The van der Waals surface area contributed by atoms with Gasteiger partial charge in [-0.05, 0) is 29.6 Å². The van der Waals surface area contributed by atoms with Crippen molar-refractivity contribution in [1.29, 1.82) is 0 Å². The first kappa shape index (κ1) is 17.4. The molecule has 0 radical (unpaired) electrons. The fraction of sp³-hybridized carbons (Fsp3) is 0.235. The number of thiophene rings is 1. The van der Waals surface area contributed by atoms with Gasteiger partial charge >= 0.3 is 5.97 Å². The summed E-state index contributed by atoms with van der Waals surface area (Å²) >= 11 is 7.15. The maximum atomic E-state index is 12.5. The monoisotopic (exact) mass is 378 g/mol. The number of carbonyl (C=O) groups excluding carboxylic acids is 3. The number of anilines is 2. The molecule has 1 N–H and O–H groups in total. The summed E-state index contributed by atoms with van der Waals surface area (Å²) < 4.78 is 4.69. The van der Waals surface area contributed by atoms with Crippen LogP contribution in [0.4, 0.5) is 11.4 Å². The number of nitrogens with zero attached hydrogens (tertiary/aromatic N) is 1. The third-order valence-electron chi connectivity index (χ3n) is 3.91. The molecule has 0 spiro atoms. The normalized spacial score (nSPS) is 16.8. The minimum atomic E-state index is -0.506. The van der Waals surface area contributed by atoms with Crippen molar-refractivity contribution in [1.82, 2.24) is 0 Å². The molecule has 2 heterocycles.